The molecule has 50 valence electrons. The third-order valence-corrected chi connectivity index (χ3v) is 4.31. The maximum absolute atomic E-state index is 2.28. The van der Waals surface area contributed by atoms with Gasteiger partial charge < -0.3 is 0 Å². The Morgan fingerprint density at radius 1 is 1.00 bits per heavy atom. The van der Waals surface area contributed by atoms with Crippen molar-refractivity contribution in [2.75, 3.05) is 8.86 Å². The standard InChI is InChI=1S/C7H16I/c1-3-5-7-8-6-4-2/h3-7H2,1-2H3/q+1. The molecule has 0 aromatic rings. The lowest BCUT2D eigenvalue weighted by Crippen LogP contribution is -3.63. The van der Waals surface area contributed by atoms with E-state index in [1.54, 1.807) is 8.86 Å². The van der Waals surface area contributed by atoms with Gasteiger partial charge in [0.25, 0.3) is 21.2 Å². The number of halogens is 1. The van der Waals surface area contributed by atoms with Crippen LogP contribution in [0.15, 0.2) is 0 Å². The highest BCUT2D eigenvalue weighted by Gasteiger charge is 2.00. The van der Waals surface area contributed by atoms with Crippen LogP contribution < -0.4 is 21.2 Å². The molecule has 0 atom stereocenters. The SMILES string of the molecule is CCCC[I+]CCC. The molecule has 0 amide bonds. The molecule has 8 heavy (non-hydrogen) atoms. The molecule has 0 aromatic heterocycles. The first-order valence-electron chi connectivity index (χ1n) is 3.45. The molecule has 0 fully saturated rings. The minimum absolute atomic E-state index is 0.618. The van der Waals surface area contributed by atoms with Crippen molar-refractivity contribution in [3.05, 3.63) is 0 Å². The van der Waals surface area contributed by atoms with E-state index in [1.165, 1.54) is 19.3 Å². The highest BCUT2D eigenvalue weighted by Crippen LogP contribution is 1.75. The van der Waals surface area contributed by atoms with Crippen molar-refractivity contribution in [1.82, 2.24) is 0 Å². The summed E-state index contributed by atoms with van der Waals surface area (Å²) in [7, 11) is 0. The fraction of sp³-hybridized carbons (Fsp3) is 1.00. The van der Waals surface area contributed by atoms with Gasteiger partial charge in [0, 0.05) is 0 Å². The van der Waals surface area contributed by atoms with E-state index in [2.05, 4.69) is 13.8 Å². The average molecular weight is 227 g/mol. The summed E-state index contributed by atoms with van der Waals surface area (Å²) in [4.78, 5) is 0. The molecular formula is C7H16I+. The fourth-order valence-corrected chi connectivity index (χ4v) is 3.06. The van der Waals surface area contributed by atoms with Crippen molar-refractivity contribution in [2.45, 2.75) is 33.1 Å². The normalized spacial score (nSPS) is 9.75. The molecule has 0 heterocycles. The molecule has 0 spiro atoms. The van der Waals surface area contributed by atoms with Gasteiger partial charge >= 0.3 is 0 Å². The molecule has 0 aliphatic heterocycles. The van der Waals surface area contributed by atoms with Crippen LogP contribution in [0.2, 0.25) is 0 Å². The zero-order valence-corrected chi connectivity index (χ0v) is 8.07. The first-order valence-corrected chi connectivity index (χ1v) is 6.50. The number of hydrogen-bond donors (Lipinski definition) is 0. The highest BCUT2D eigenvalue weighted by atomic mass is 127. The van der Waals surface area contributed by atoms with Gasteiger partial charge in [0.05, 0.1) is 0 Å². The van der Waals surface area contributed by atoms with Crippen LogP contribution in [0, 0.1) is 0 Å². The third-order valence-electron chi connectivity index (χ3n) is 0.943. The smallest absolute Gasteiger partial charge is 0.0652 e. The Bertz CT molecular complexity index is 29.4. The van der Waals surface area contributed by atoms with E-state index in [0.29, 0.717) is 21.2 Å². The summed E-state index contributed by atoms with van der Waals surface area (Å²) >= 11 is 0.618. The van der Waals surface area contributed by atoms with Gasteiger partial charge in [0.15, 0.2) is 0 Å². The molecular weight excluding hydrogens is 211 g/mol. The molecule has 0 aliphatic carbocycles. The van der Waals surface area contributed by atoms with E-state index >= 15 is 0 Å². The third kappa shape index (κ3) is 6.73. The molecule has 0 unspecified atom stereocenters. The van der Waals surface area contributed by atoms with Crippen LogP contribution >= 0.6 is 0 Å². The molecule has 1 heteroatoms. The van der Waals surface area contributed by atoms with Crippen molar-refractivity contribution in [2.24, 2.45) is 0 Å². The quantitative estimate of drug-likeness (QED) is 0.330. The van der Waals surface area contributed by atoms with E-state index in [-0.39, 0.29) is 0 Å². The van der Waals surface area contributed by atoms with Gasteiger partial charge in [0.2, 0.25) is 0 Å². The van der Waals surface area contributed by atoms with E-state index in [4.69, 9.17) is 0 Å². The number of unbranched alkanes of at least 4 members (excludes halogenated alkanes) is 1. The predicted octanol–water partition coefficient (Wildman–Crippen LogP) is -0.714. The van der Waals surface area contributed by atoms with E-state index in [0.717, 1.165) is 0 Å². The minimum atomic E-state index is 0.618. The second kappa shape index (κ2) is 7.73. The molecule has 0 aromatic carbocycles. The molecule has 0 saturated heterocycles. The van der Waals surface area contributed by atoms with Crippen LogP contribution in [0.3, 0.4) is 0 Å². The van der Waals surface area contributed by atoms with Crippen LogP contribution in [0.1, 0.15) is 33.1 Å². The Hall–Kier alpha value is 0.730. The first-order chi connectivity index (χ1) is 3.91. The largest absolute Gasteiger partial charge is 0.268 e. The van der Waals surface area contributed by atoms with Crippen LogP contribution in [0.25, 0.3) is 0 Å². The van der Waals surface area contributed by atoms with Gasteiger partial charge in [-0.1, -0.05) is 20.3 Å². The van der Waals surface area contributed by atoms with Crippen molar-refractivity contribution < 1.29 is 21.2 Å². The van der Waals surface area contributed by atoms with Crippen molar-refractivity contribution >= 4 is 0 Å². The molecule has 0 rings (SSSR count). The van der Waals surface area contributed by atoms with Crippen molar-refractivity contribution in [3.8, 4) is 0 Å². The van der Waals surface area contributed by atoms with Gasteiger partial charge in [-0.05, 0) is 12.8 Å². The Kier molecular flexibility index (Phi) is 8.44. The lowest BCUT2D eigenvalue weighted by Gasteiger charge is -1.79. The summed E-state index contributed by atoms with van der Waals surface area (Å²) < 4.78 is 3.10. The van der Waals surface area contributed by atoms with Gasteiger partial charge in [0.1, 0.15) is 8.86 Å². The van der Waals surface area contributed by atoms with Crippen molar-refractivity contribution in [3.63, 3.8) is 0 Å². The Morgan fingerprint density at radius 2 is 1.75 bits per heavy atom. The van der Waals surface area contributed by atoms with E-state index < -0.39 is 0 Å². The number of hydrogen-bond acceptors (Lipinski definition) is 0. The minimum Gasteiger partial charge on any atom is -0.0652 e. The molecule has 0 radical (unpaired) electrons. The molecule has 0 bridgehead atoms. The van der Waals surface area contributed by atoms with E-state index in [1.807, 2.05) is 0 Å². The molecule has 0 saturated carbocycles. The predicted molar refractivity (Wildman–Crippen MR) is 34.9 cm³/mol. The van der Waals surface area contributed by atoms with Crippen LogP contribution in [0.5, 0.6) is 0 Å². The molecule has 0 N–H and O–H groups in total. The number of rotatable bonds is 5. The summed E-state index contributed by atoms with van der Waals surface area (Å²) in [6, 6.07) is 0. The number of alkyl halides is 2. The lowest BCUT2D eigenvalue weighted by molar-refractivity contribution is -0.655. The topological polar surface area (TPSA) is 0 Å². The fourth-order valence-electron chi connectivity index (χ4n) is 0.456. The van der Waals surface area contributed by atoms with Gasteiger partial charge in [-0.25, -0.2) is 0 Å². The maximum atomic E-state index is 2.28. The van der Waals surface area contributed by atoms with Gasteiger partial charge in [-0.15, -0.1) is 0 Å². The second-order valence-electron chi connectivity index (χ2n) is 1.92. The van der Waals surface area contributed by atoms with Gasteiger partial charge in [-0.2, -0.15) is 0 Å². The maximum Gasteiger partial charge on any atom is 0.268 e. The Labute approximate surface area is 63.3 Å². The van der Waals surface area contributed by atoms with Crippen LogP contribution in [-0.4, -0.2) is 8.86 Å². The average Bonchev–Trinajstić information content (AvgIpc) is 1.81. The summed E-state index contributed by atoms with van der Waals surface area (Å²) in [6.07, 6.45) is 4.29. The van der Waals surface area contributed by atoms with Gasteiger partial charge in [-0.3, -0.25) is 0 Å². The zero-order chi connectivity index (χ0) is 6.24. The zero-order valence-electron chi connectivity index (χ0n) is 5.91. The van der Waals surface area contributed by atoms with Crippen molar-refractivity contribution in [1.29, 1.82) is 0 Å². The monoisotopic (exact) mass is 227 g/mol. The first kappa shape index (κ1) is 8.73. The summed E-state index contributed by atoms with van der Waals surface area (Å²) in [5.74, 6) is 0. The summed E-state index contributed by atoms with van der Waals surface area (Å²) in [6.45, 7) is 4.56. The summed E-state index contributed by atoms with van der Waals surface area (Å²) in [5, 5.41) is 0. The molecule has 0 aliphatic rings. The second-order valence-corrected chi connectivity index (χ2v) is 5.16. The molecule has 0 nitrogen and oxygen atoms in total. The Balaban J connectivity index is 2.53. The highest BCUT2D eigenvalue weighted by molar-refractivity contribution is 4.25. The van der Waals surface area contributed by atoms with Crippen LogP contribution in [-0.2, 0) is 0 Å². The van der Waals surface area contributed by atoms with Crippen LogP contribution in [0.4, 0.5) is 0 Å². The lowest BCUT2D eigenvalue weighted by atomic mass is 10.4. The summed E-state index contributed by atoms with van der Waals surface area (Å²) in [5.41, 5.74) is 0. The van der Waals surface area contributed by atoms with E-state index in [9.17, 15) is 0 Å². The Morgan fingerprint density at radius 3 is 2.25 bits per heavy atom.